The third-order valence-corrected chi connectivity index (χ3v) is 3.05. The second-order valence-electron chi connectivity index (χ2n) is 4.41. The molecule has 1 saturated heterocycles. The van der Waals surface area contributed by atoms with E-state index in [1.165, 1.54) is 5.69 Å². The lowest BCUT2D eigenvalue weighted by Gasteiger charge is -2.19. The van der Waals surface area contributed by atoms with Crippen LogP contribution in [0, 0.1) is 0 Å². The average Bonchev–Trinajstić information content (AvgIpc) is 2.86. The fraction of sp³-hybridized carbons (Fsp3) is 0.357. The van der Waals surface area contributed by atoms with Gasteiger partial charge in [0.15, 0.2) is 0 Å². The second kappa shape index (κ2) is 6.10. The molecular formula is C14H19N3O. The molecule has 18 heavy (non-hydrogen) atoms. The number of para-hydroxylation sites is 1. The molecule has 0 radical (unpaired) electrons. The highest BCUT2D eigenvalue weighted by atomic mass is 16.2. The molecule has 1 aliphatic rings. The van der Waals surface area contributed by atoms with Gasteiger partial charge in [-0.25, -0.2) is 4.79 Å². The normalized spacial score (nSPS) is 18.4. The van der Waals surface area contributed by atoms with Gasteiger partial charge in [-0.1, -0.05) is 24.3 Å². The maximum Gasteiger partial charge on any atom is 0.315 e. The summed E-state index contributed by atoms with van der Waals surface area (Å²) in [5.74, 6) is 0. The van der Waals surface area contributed by atoms with Crippen molar-refractivity contribution in [2.45, 2.75) is 12.5 Å². The van der Waals surface area contributed by atoms with Crippen molar-refractivity contribution in [2.24, 2.45) is 0 Å². The van der Waals surface area contributed by atoms with E-state index in [0.29, 0.717) is 6.54 Å². The maximum atomic E-state index is 11.5. The van der Waals surface area contributed by atoms with Gasteiger partial charge in [0.25, 0.3) is 0 Å². The first-order valence-electron chi connectivity index (χ1n) is 6.25. The van der Waals surface area contributed by atoms with Crippen LogP contribution in [0.25, 0.3) is 0 Å². The molecule has 2 N–H and O–H groups in total. The predicted octanol–water partition coefficient (Wildman–Crippen LogP) is 1.75. The molecule has 0 saturated carbocycles. The molecule has 0 spiro atoms. The summed E-state index contributed by atoms with van der Waals surface area (Å²) in [7, 11) is 0. The lowest BCUT2D eigenvalue weighted by atomic mass is 10.3. The van der Waals surface area contributed by atoms with E-state index in [4.69, 9.17) is 0 Å². The minimum absolute atomic E-state index is 0.116. The summed E-state index contributed by atoms with van der Waals surface area (Å²) in [6.45, 7) is 5.92. The lowest BCUT2D eigenvalue weighted by molar-refractivity contribution is 0.239. The Kier molecular flexibility index (Phi) is 4.23. The number of carbonyl (C=O) groups excluding carboxylic acids is 1. The van der Waals surface area contributed by atoms with Gasteiger partial charge in [0.1, 0.15) is 0 Å². The third-order valence-electron chi connectivity index (χ3n) is 3.05. The molecule has 0 bridgehead atoms. The summed E-state index contributed by atoms with van der Waals surface area (Å²) in [4.78, 5) is 13.8. The van der Waals surface area contributed by atoms with Gasteiger partial charge in [-0.3, -0.25) is 0 Å². The van der Waals surface area contributed by atoms with E-state index in [2.05, 4.69) is 34.2 Å². The number of benzene rings is 1. The van der Waals surface area contributed by atoms with Gasteiger partial charge in [0, 0.05) is 31.4 Å². The van der Waals surface area contributed by atoms with Crippen molar-refractivity contribution in [3.8, 4) is 0 Å². The zero-order valence-corrected chi connectivity index (χ0v) is 10.4. The first-order valence-corrected chi connectivity index (χ1v) is 6.25. The van der Waals surface area contributed by atoms with Crippen LogP contribution in [-0.4, -0.2) is 31.7 Å². The van der Waals surface area contributed by atoms with Crippen LogP contribution in [0.15, 0.2) is 43.0 Å². The summed E-state index contributed by atoms with van der Waals surface area (Å²) in [6, 6.07) is 10.4. The number of urea groups is 1. The molecule has 0 aliphatic carbocycles. The van der Waals surface area contributed by atoms with Gasteiger partial charge in [-0.15, -0.1) is 6.58 Å². The SMILES string of the molecule is C=CCNC(=O)N[C@@H]1CCN(c2ccccc2)C1. The van der Waals surface area contributed by atoms with Crippen LogP contribution in [0.3, 0.4) is 0 Å². The Bertz CT molecular complexity index is 405. The fourth-order valence-electron chi connectivity index (χ4n) is 2.15. The Morgan fingerprint density at radius 2 is 2.22 bits per heavy atom. The van der Waals surface area contributed by atoms with E-state index in [0.717, 1.165) is 19.5 Å². The molecule has 2 rings (SSSR count). The summed E-state index contributed by atoms with van der Waals surface area (Å²) < 4.78 is 0. The molecule has 0 aromatic heterocycles. The number of nitrogens with one attached hydrogen (secondary N) is 2. The minimum Gasteiger partial charge on any atom is -0.369 e. The molecular weight excluding hydrogens is 226 g/mol. The molecule has 1 atom stereocenters. The van der Waals surface area contributed by atoms with Crippen LogP contribution in [0.4, 0.5) is 10.5 Å². The second-order valence-corrected chi connectivity index (χ2v) is 4.41. The predicted molar refractivity (Wildman–Crippen MR) is 73.8 cm³/mol. The topological polar surface area (TPSA) is 44.4 Å². The first-order chi connectivity index (χ1) is 8.79. The van der Waals surface area contributed by atoms with Crippen molar-refractivity contribution >= 4 is 11.7 Å². The molecule has 96 valence electrons. The Hall–Kier alpha value is -1.97. The number of hydrogen-bond donors (Lipinski definition) is 2. The van der Waals surface area contributed by atoms with Crippen molar-refractivity contribution in [2.75, 3.05) is 24.5 Å². The fourth-order valence-corrected chi connectivity index (χ4v) is 2.15. The van der Waals surface area contributed by atoms with Crippen molar-refractivity contribution < 1.29 is 4.79 Å². The number of nitrogens with zero attached hydrogens (tertiary/aromatic N) is 1. The van der Waals surface area contributed by atoms with Crippen LogP contribution in [-0.2, 0) is 0 Å². The largest absolute Gasteiger partial charge is 0.369 e. The number of carbonyl (C=O) groups is 1. The van der Waals surface area contributed by atoms with E-state index in [1.807, 2.05) is 18.2 Å². The van der Waals surface area contributed by atoms with E-state index < -0.39 is 0 Å². The monoisotopic (exact) mass is 245 g/mol. The van der Waals surface area contributed by atoms with Gasteiger partial charge in [0.2, 0.25) is 0 Å². The van der Waals surface area contributed by atoms with Gasteiger partial charge in [0.05, 0.1) is 0 Å². The van der Waals surface area contributed by atoms with Crippen LogP contribution < -0.4 is 15.5 Å². The molecule has 1 aromatic rings. The highest BCUT2D eigenvalue weighted by Gasteiger charge is 2.23. The number of hydrogen-bond acceptors (Lipinski definition) is 2. The molecule has 1 aliphatic heterocycles. The Morgan fingerprint density at radius 1 is 1.44 bits per heavy atom. The first kappa shape index (κ1) is 12.5. The quantitative estimate of drug-likeness (QED) is 0.794. The van der Waals surface area contributed by atoms with Crippen molar-refractivity contribution in [1.82, 2.24) is 10.6 Å². The van der Waals surface area contributed by atoms with Gasteiger partial charge >= 0.3 is 6.03 Å². The van der Waals surface area contributed by atoms with Crippen LogP contribution >= 0.6 is 0 Å². The summed E-state index contributed by atoms with van der Waals surface area (Å²) in [6.07, 6.45) is 2.65. The molecule has 2 amide bonds. The van der Waals surface area contributed by atoms with Gasteiger partial charge in [-0.05, 0) is 18.6 Å². The molecule has 1 aromatic carbocycles. The van der Waals surface area contributed by atoms with E-state index >= 15 is 0 Å². The number of anilines is 1. The molecule has 1 fully saturated rings. The van der Waals surface area contributed by atoms with Crippen LogP contribution in [0.1, 0.15) is 6.42 Å². The molecule has 0 unspecified atom stereocenters. The molecule has 1 heterocycles. The average molecular weight is 245 g/mol. The molecule has 4 heteroatoms. The zero-order valence-electron chi connectivity index (χ0n) is 10.4. The van der Waals surface area contributed by atoms with Crippen molar-refractivity contribution in [3.63, 3.8) is 0 Å². The maximum absolute atomic E-state index is 11.5. The third kappa shape index (κ3) is 3.26. The van der Waals surface area contributed by atoms with E-state index in [1.54, 1.807) is 6.08 Å². The van der Waals surface area contributed by atoms with Crippen molar-refractivity contribution in [1.29, 1.82) is 0 Å². The number of rotatable bonds is 4. The molecule has 4 nitrogen and oxygen atoms in total. The van der Waals surface area contributed by atoms with Crippen molar-refractivity contribution in [3.05, 3.63) is 43.0 Å². The Morgan fingerprint density at radius 3 is 2.94 bits per heavy atom. The summed E-state index contributed by atoms with van der Waals surface area (Å²) >= 11 is 0. The van der Waals surface area contributed by atoms with Crippen LogP contribution in [0.2, 0.25) is 0 Å². The highest BCUT2D eigenvalue weighted by molar-refractivity contribution is 5.74. The van der Waals surface area contributed by atoms with Gasteiger partial charge in [-0.2, -0.15) is 0 Å². The van der Waals surface area contributed by atoms with Crippen LogP contribution in [0.5, 0.6) is 0 Å². The Labute approximate surface area is 108 Å². The van der Waals surface area contributed by atoms with E-state index in [9.17, 15) is 4.79 Å². The number of amides is 2. The van der Waals surface area contributed by atoms with E-state index in [-0.39, 0.29) is 12.1 Å². The zero-order chi connectivity index (χ0) is 12.8. The summed E-state index contributed by atoms with van der Waals surface area (Å²) in [5, 5.41) is 5.70. The van der Waals surface area contributed by atoms with Gasteiger partial charge < -0.3 is 15.5 Å². The smallest absolute Gasteiger partial charge is 0.315 e. The summed E-state index contributed by atoms with van der Waals surface area (Å²) in [5.41, 5.74) is 1.22. The lowest BCUT2D eigenvalue weighted by Crippen LogP contribution is -2.43. The Balaban J connectivity index is 1.82. The highest BCUT2D eigenvalue weighted by Crippen LogP contribution is 2.19. The standard InChI is InChI=1S/C14H19N3O/c1-2-9-15-14(18)16-12-8-10-17(11-12)13-6-4-3-5-7-13/h2-7,12H,1,8-11H2,(H2,15,16,18)/t12-/m1/s1. The minimum atomic E-state index is -0.116.